The van der Waals surface area contributed by atoms with Crippen LogP contribution in [0.5, 0.6) is 5.75 Å². The minimum absolute atomic E-state index is 0.355. The summed E-state index contributed by atoms with van der Waals surface area (Å²) in [4.78, 5) is 16.2. The van der Waals surface area contributed by atoms with E-state index in [2.05, 4.69) is 4.98 Å². The van der Waals surface area contributed by atoms with Crippen molar-refractivity contribution in [3.8, 4) is 5.75 Å². The smallest absolute Gasteiger partial charge is 0.328 e. The van der Waals surface area contributed by atoms with E-state index >= 15 is 0 Å². The van der Waals surface area contributed by atoms with E-state index in [9.17, 15) is 4.79 Å². The summed E-state index contributed by atoms with van der Waals surface area (Å²) in [6.45, 7) is 4.04. The van der Waals surface area contributed by atoms with Gasteiger partial charge in [0.2, 0.25) is 0 Å². The summed E-state index contributed by atoms with van der Waals surface area (Å²) in [7, 11) is 0. The maximum atomic E-state index is 11.9. The molecule has 0 radical (unpaired) electrons. The molecule has 0 saturated heterocycles. The molecule has 4 nitrogen and oxygen atoms in total. The molecule has 0 aliphatic heterocycles. The van der Waals surface area contributed by atoms with Crippen LogP contribution in [0.25, 0.3) is 10.9 Å². The van der Waals surface area contributed by atoms with Crippen LogP contribution in [0.1, 0.15) is 20.3 Å². The molecular weight excluding hydrogens is 240 g/mol. The highest BCUT2D eigenvalue weighted by Crippen LogP contribution is 2.23. The number of carbonyl (C=O) groups excluding carboxylic acids is 1. The van der Waals surface area contributed by atoms with Crippen LogP contribution in [0, 0.1) is 5.92 Å². The first-order chi connectivity index (χ1) is 9.08. The number of nitrogens with two attached hydrogens (primary N) is 1. The van der Waals surface area contributed by atoms with Crippen molar-refractivity contribution in [2.45, 2.75) is 26.3 Å². The Morgan fingerprint density at radius 3 is 2.79 bits per heavy atom. The van der Waals surface area contributed by atoms with E-state index in [1.807, 2.05) is 38.1 Å². The van der Waals surface area contributed by atoms with Crippen molar-refractivity contribution in [1.82, 2.24) is 4.98 Å². The number of para-hydroxylation sites is 1. The van der Waals surface area contributed by atoms with Gasteiger partial charge in [0.25, 0.3) is 0 Å². The van der Waals surface area contributed by atoms with Gasteiger partial charge in [0.05, 0.1) is 0 Å². The predicted molar refractivity (Wildman–Crippen MR) is 74.8 cm³/mol. The van der Waals surface area contributed by atoms with E-state index in [0.29, 0.717) is 23.6 Å². The van der Waals surface area contributed by atoms with Crippen LogP contribution >= 0.6 is 0 Å². The van der Waals surface area contributed by atoms with Gasteiger partial charge in [-0.05, 0) is 24.5 Å². The first-order valence-corrected chi connectivity index (χ1v) is 6.39. The molecule has 1 aromatic heterocycles. The first kappa shape index (κ1) is 13.5. The van der Waals surface area contributed by atoms with Crippen molar-refractivity contribution in [1.29, 1.82) is 0 Å². The van der Waals surface area contributed by atoms with Crippen LogP contribution in [-0.2, 0) is 4.79 Å². The summed E-state index contributed by atoms with van der Waals surface area (Å²) in [5.41, 5.74) is 6.49. The fourth-order valence-electron chi connectivity index (χ4n) is 1.95. The Morgan fingerprint density at radius 1 is 1.32 bits per heavy atom. The van der Waals surface area contributed by atoms with Gasteiger partial charge in [-0.2, -0.15) is 0 Å². The molecule has 0 aliphatic carbocycles. The van der Waals surface area contributed by atoms with Gasteiger partial charge in [-0.1, -0.05) is 32.0 Å². The third-order valence-electron chi connectivity index (χ3n) is 2.83. The number of aromatic nitrogens is 1. The molecule has 4 heteroatoms. The van der Waals surface area contributed by atoms with E-state index in [0.717, 1.165) is 5.39 Å². The summed E-state index contributed by atoms with van der Waals surface area (Å²) in [5, 5.41) is 0.935. The van der Waals surface area contributed by atoms with Crippen LogP contribution in [0.4, 0.5) is 0 Å². The Morgan fingerprint density at radius 2 is 2.05 bits per heavy atom. The minimum atomic E-state index is -0.598. The topological polar surface area (TPSA) is 65.2 Å². The van der Waals surface area contributed by atoms with Crippen LogP contribution in [0.15, 0.2) is 36.5 Å². The summed E-state index contributed by atoms with van der Waals surface area (Å²) < 4.78 is 5.36. The molecule has 1 aromatic carbocycles. The lowest BCUT2D eigenvalue weighted by molar-refractivity contribution is -0.136. The Kier molecular flexibility index (Phi) is 4.12. The molecule has 0 aliphatic rings. The van der Waals surface area contributed by atoms with E-state index in [4.69, 9.17) is 10.5 Å². The second-order valence-corrected chi connectivity index (χ2v) is 4.99. The molecule has 0 amide bonds. The van der Waals surface area contributed by atoms with E-state index in [-0.39, 0.29) is 0 Å². The summed E-state index contributed by atoms with van der Waals surface area (Å²) in [5.74, 6) is 0.405. The molecule has 1 unspecified atom stereocenters. The highest BCUT2D eigenvalue weighted by molar-refractivity contribution is 5.88. The van der Waals surface area contributed by atoms with Gasteiger partial charge in [0.15, 0.2) is 5.75 Å². The quantitative estimate of drug-likeness (QED) is 0.676. The molecule has 1 heterocycles. The van der Waals surface area contributed by atoms with Crippen molar-refractivity contribution in [3.05, 3.63) is 36.5 Å². The number of fused-ring (bicyclic) bond motifs is 1. The molecule has 19 heavy (non-hydrogen) atoms. The molecule has 2 rings (SSSR count). The Hall–Kier alpha value is -1.94. The van der Waals surface area contributed by atoms with E-state index in [1.54, 1.807) is 12.3 Å². The first-order valence-electron chi connectivity index (χ1n) is 6.39. The number of carbonyl (C=O) groups is 1. The van der Waals surface area contributed by atoms with Crippen molar-refractivity contribution in [3.63, 3.8) is 0 Å². The second-order valence-electron chi connectivity index (χ2n) is 4.99. The lowest BCUT2D eigenvalue weighted by Crippen LogP contribution is -2.35. The fourth-order valence-corrected chi connectivity index (χ4v) is 1.95. The lowest BCUT2D eigenvalue weighted by atomic mass is 10.1. The maximum absolute atomic E-state index is 11.9. The molecule has 2 aromatic rings. The third kappa shape index (κ3) is 3.29. The van der Waals surface area contributed by atoms with Crippen molar-refractivity contribution in [2.75, 3.05) is 0 Å². The van der Waals surface area contributed by atoms with Crippen LogP contribution in [-0.4, -0.2) is 17.0 Å². The monoisotopic (exact) mass is 258 g/mol. The number of rotatable bonds is 4. The highest BCUT2D eigenvalue weighted by Gasteiger charge is 2.18. The Balaban J connectivity index is 2.19. The van der Waals surface area contributed by atoms with Gasteiger partial charge in [0.1, 0.15) is 11.6 Å². The van der Waals surface area contributed by atoms with Crippen LogP contribution in [0.2, 0.25) is 0 Å². The standard InChI is InChI=1S/C15H18N2O2/c1-10(2)9-12(16)15(18)19-13-7-3-5-11-6-4-8-17-14(11)13/h3-8,10,12H,9,16H2,1-2H3. The van der Waals surface area contributed by atoms with Gasteiger partial charge >= 0.3 is 5.97 Å². The van der Waals surface area contributed by atoms with Crippen LogP contribution < -0.4 is 10.5 Å². The third-order valence-corrected chi connectivity index (χ3v) is 2.83. The highest BCUT2D eigenvalue weighted by atomic mass is 16.5. The molecular formula is C15H18N2O2. The Labute approximate surface area is 112 Å². The van der Waals surface area contributed by atoms with Crippen molar-refractivity contribution >= 4 is 16.9 Å². The predicted octanol–water partition coefficient (Wildman–Crippen LogP) is 2.51. The number of hydrogen-bond acceptors (Lipinski definition) is 4. The minimum Gasteiger partial charge on any atom is -0.423 e. The SMILES string of the molecule is CC(C)CC(N)C(=O)Oc1cccc2cccnc12. The number of benzene rings is 1. The summed E-state index contributed by atoms with van der Waals surface area (Å²) >= 11 is 0. The van der Waals surface area contributed by atoms with Gasteiger partial charge in [-0.15, -0.1) is 0 Å². The molecule has 0 bridgehead atoms. The van der Waals surface area contributed by atoms with E-state index in [1.165, 1.54) is 0 Å². The maximum Gasteiger partial charge on any atom is 0.328 e. The largest absolute Gasteiger partial charge is 0.423 e. The zero-order valence-electron chi connectivity index (χ0n) is 11.2. The lowest BCUT2D eigenvalue weighted by Gasteiger charge is -2.13. The normalized spacial score (nSPS) is 12.6. The van der Waals surface area contributed by atoms with E-state index < -0.39 is 12.0 Å². The Bertz CT molecular complexity index is 576. The molecule has 0 saturated carbocycles. The molecule has 100 valence electrons. The van der Waals surface area contributed by atoms with Gasteiger partial charge < -0.3 is 10.5 Å². The number of ether oxygens (including phenoxy) is 1. The number of hydrogen-bond donors (Lipinski definition) is 1. The zero-order chi connectivity index (χ0) is 13.8. The average molecular weight is 258 g/mol. The zero-order valence-corrected chi connectivity index (χ0v) is 11.2. The molecule has 0 fully saturated rings. The fraction of sp³-hybridized carbons (Fsp3) is 0.333. The molecule has 1 atom stereocenters. The number of nitrogens with zero attached hydrogens (tertiary/aromatic N) is 1. The molecule has 0 spiro atoms. The van der Waals surface area contributed by atoms with Gasteiger partial charge in [-0.25, -0.2) is 4.79 Å². The van der Waals surface area contributed by atoms with Gasteiger partial charge in [0, 0.05) is 11.6 Å². The second kappa shape index (κ2) is 5.80. The number of pyridine rings is 1. The van der Waals surface area contributed by atoms with Crippen molar-refractivity contribution in [2.24, 2.45) is 11.7 Å². The van der Waals surface area contributed by atoms with Crippen molar-refractivity contribution < 1.29 is 9.53 Å². The summed E-state index contributed by atoms with van der Waals surface area (Å²) in [6.07, 6.45) is 2.28. The van der Waals surface area contributed by atoms with Crippen LogP contribution in [0.3, 0.4) is 0 Å². The van der Waals surface area contributed by atoms with Gasteiger partial charge in [-0.3, -0.25) is 4.98 Å². The average Bonchev–Trinajstić information content (AvgIpc) is 2.38. The number of esters is 1. The molecule has 2 N–H and O–H groups in total. The summed E-state index contributed by atoms with van der Waals surface area (Å²) in [6, 6.07) is 8.66.